The third-order valence-corrected chi connectivity index (χ3v) is 6.48. The Hall–Kier alpha value is -1.18. The summed E-state index contributed by atoms with van der Waals surface area (Å²) < 4.78 is 28.8. The molecule has 0 aliphatic carbocycles. The summed E-state index contributed by atoms with van der Waals surface area (Å²) in [6, 6.07) is 1.98. The minimum Gasteiger partial charge on any atom is -0.339 e. The summed E-state index contributed by atoms with van der Waals surface area (Å²) >= 11 is 1.72. The second-order valence-electron chi connectivity index (χ2n) is 4.97. The average Bonchev–Trinajstić information content (AvgIpc) is 3.05. The van der Waals surface area contributed by atoms with Gasteiger partial charge in [0.05, 0.1) is 12.4 Å². The molecule has 7 heteroatoms. The number of aryl methyl sites for hydroxylation is 1. The third kappa shape index (κ3) is 2.10. The molecule has 0 saturated carbocycles. The Labute approximate surface area is 122 Å². The van der Waals surface area contributed by atoms with Crippen molar-refractivity contribution in [2.45, 2.75) is 30.8 Å². The molecule has 3 rings (SSSR count). The van der Waals surface area contributed by atoms with E-state index < -0.39 is 10.0 Å². The van der Waals surface area contributed by atoms with Gasteiger partial charge < -0.3 is 4.57 Å². The van der Waals surface area contributed by atoms with Crippen LogP contribution in [0.5, 0.6) is 0 Å². The van der Waals surface area contributed by atoms with Crippen molar-refractivity contribution in [2.24, 2.45) is 7.05 Å². The van der Waals surface area contributed by atoms with Crippen LogP contribution in [0.15, 0.2) is 29.0 Å². The first kappa shape index (κ1) is 13.8. The fourth-order valence-corrected chi connectivity index (χ4v) is 5.30. The first-order chi connectivity index (χ1) is 9.54. The van der Waals surface area contributed by atoms with Gasteiger partial charge in [0.2, 0.25) is 0 Å². The van der Waals surface area contributed by atoms with Crippen LogP contribution < -0.4 is 0 Å². The van der Waals surface area contributed by atoms with Crippen molar-refractivity contribution in [2.75, 3.05) is 6.54 Å². The van der Waals surface area contributed by atoms with Crippen LogP contribution in [-0.2, 0) is 23.5 Å². The molecule has 0 saturated heterocycles. The van der Waals surface area contributed by atoms with E-state index in [1.165, 1.54) is 11.2 Å². The number of hydrogen-bond acceptors (Lipinski definition) is 4. The maximum atomic E-state index is 12.8. The largest absolute Gasteiger partial charge is 0.339 e. The van der Waals surface area contributed by atoms with E-state index in [2.05, 4.69) is 4.98 Å². The zero-order valence-electron chi connectivity index (χ0n) is 11.5. The molecule has 2 aromatic rings. The summed E-state index contributed by atoms with van der Waals surface area (Å²) in [6.45, 7) is 2.56. The maximum absolute atomic E-state index is 12.8. The molecule has 1 aliphatic heterocycles. The predicted molar refractivity (Wildman–Crippen MR) is 78.2 cm³/mol. The molecule has 20 heavy (non-hydrogen) atoms. The molecule has 0 bridgehead atoms. The molecule has 0 fully saturated rings. The van der Waals surface area contributed by atoms with Gasteiger partial charge in [-0.1, -0.05) is 6.92 Å². The third-order valence-electron chi connectivity index (χ3n) is 3.69. The fourth-order valence-electron chi connectivity index (χ4n) is 2.73. The maximum Gasteiger partial charge on any atom is 0.262 e. The molecule has 5 nitrogen and oxygen atoms in total. The monoisotopic (exact) mass is 311 g/mol. The molecule has 0 amide bonds. The van der Waals surface area contributed by atoms with E-state index in [9.17, 15) is 8.42 Å². The van der Waals surface area contributed by atoms with Gasteiger partial charge in [-0.05, 0) is 29.9 Å². The molecule has 0 spiro atoms. The van der Waals surface area contributed by atoms with Crippen LogP contribution in [0, 0.1) is 0 Å². The Kier molecular flexibility index (Phi) is 3.43. The predicted octanol–water partition coefficient (Wildman–Crippen LogP) is 2.18. The van der Waals surface area contributed by atoms with E-state index >= 15 is 0 Å². The minimum absolute atomic E-state index is 0.0722. The van der Waals surface area contributed by atoms with Crippen molar-refractivity contribution in [1.82, 2.24) is 13.9 Å². The zero-order valence-corrected chi connectivity index (χ0v) is 13.1. The van der Waals surface area contributed by atoms with Crippen LogP contribution >= 0.6 is 11.3 Å². The number of thiophene rings is 1. The van der Waals surface area contributed by atoms with Crippen molar-refractivity contribution < 1.29 is 8.42 Å². The Bertz CT molecular complexity index is 718. The lowest BCUT2D eigenvalue weighted by molar-refractivity contribution is 0.302. The fraction of sp³-hybridized carbons (Fsp3) is 0.462. The van der Waals surface area contributed by atoms with Gasteiger partial charge in [-0.3, -0.25) is 0 Å². The van der Waals surface area contributed by atoms with Crippen LogP contribution in [0.25, 0.3) is 0 Å². The Morgan fingerprint density at radius 2 is 2.30 bits per heavy atom. The van der Waals surface area contributed by atoms with E-state index in [1.54, 1.807) is 33.5 Å². The number of aromatic nitrogens is 2. The summed E-state index contributed by atoms with van der Waals surface area (Å²) in [6.07, 6.45) is 4.64. The van der Waals surface area contributed by atoms with Gasteiger partial charge >= 0.3 is 0 Å². The normalized spacial score (nSPS) is 20.0. The summed E-state index contributed by atoms with van der Waals surface area (Å²) in [5, 5.41) is 2.18. The highest BCUT2D eigenvalue weighted by molar-refractivity contribution is 7.89. The SMILES string of the molecule is CC[C@H]1c2ccsc2CCN1S(=O)(=O)c1cn(C)cn1. The average molecular weight is 311 g/mol. The highest BCUT2D eigenvalue weighted by Crippen LogP contribution is 2.38. The van der Waals surface area contributed by atoms with E-state index in [1.807, 2.05) is 18.4 Å². The topological polar surface area (TPSA) is 55.2 Å². The van der Waals surface area contributed by atoms with Crippen molar-refractivity contribution >= 4 is 21.4 Å². The Balaban J connectivity index is 2.02. The van der Waals surface area contributed by atoms with Gasteiger partial charge in [0.15, 0.2) is 5.03 Å². The van der Waals surface area contributed by atoms with Gasteiger partial charge in [0.1, 0.15) is 0 Å². The second kappa shape index (κ2) is 4.98. The van der Waals surface area contributed by atoms with Gasteiger partial charge in [-0.15, -0.1) is 11.3 Å². The van der Waals surface area contributed by atoms with E-state index in [-0.39, 0.29) is 11.1 Å². The Morgan fingerprint density at radius 3 is 2.95 bits per heavy atom. The summed E-state index contributed by atoms with van der Waals surface area (Å²) in [5.41, 5.74) is 1.16. The Morgan fingerprint density at radius 1 is 1.50 bits per heavy atom. The first-order valence-electron chi connectivity index (χ1n) is 6.60. The van der Waals surface area contributed by atoms with E-state index in [4.69, 9.17) is 0 Å². The lowest BCUT2D eigenvalue weighted by Crippen LogP contribution is -2.39. The van der Waals surface area contributed by atoms with Crippen molar-refractivity contribution in [1.29, 1.82) is 0 Å². The van der Waals surface area contributed by atoms with Crippen molar-refractivity contribution in [3.63, 3.8) is 0 Å². The summed E-state index contributed by atoms with van der Waals surface area (Å²) in [7, 11) is -1.74. The second-order valence-corrected chi connectivity index (χ2v) is 7.80. The van der Waals surface area contributed by atoms with Gasteiger partial charge in [0.25, 0.3) is 10.0 Å². The molecule has 3 heterocycles. The number of sulfonamides is 1. The number of imidazole rings is 1. The van der Waals surface area contributed by atoms with Crippen LogP contribution in [0.1, 0.15) is 29.8 Å². The minimum atomic E-state index is -3.52. The number of fused-ring (bicyclic) bond motifs is 1. The highest BCUT2D eigenvalue weighted by atomic mass is 32.2. The highest BCUT2D eigenvalue weighted by Gasteiger charge is 2.36. The number of nitrogens with zero attached hydrogens (tertiary/aromatic N) is 3. The van der Waals surface area contributed by atoms with E-state index in [0.717, 1.165) is 18.4 Å². The molecule has 0 aromatic carbocycles. The smallest absolute Gasteiger partial charge is 0.262 e. The van der Waals surface area contributed by atoms with Crippen LogP contribution in [0.2, 0.25) is 0 Å². The van der Waals surface area contributed by atoms with Crippen LogP contribution in [-0.4, -0.2) is 28.8 Å². The molecule has 1 atom stereocenters. The van der Waals surface area contributed by atoms with Crippen molar-refractivity contribution in [3.05, 3.63) is 34.4 Å². The summed E-state index contributed by atoms with van der Waals surface area (Å²) in [5.74, 6) is 0. The lowest BCUT2D eigenvalue weighted by Gasteiger charge is -2.33. The summed E-state index contributed by atoms with van der Waals surface area (Å²) in [4.78, 5) is 5.32. The molecule has 0 unspecified atom stereocenters. The molecule has 0 radical (unpaired) electrons. The number of hydrogen-bond donors (Lipinski definition) is 0. The van der Waals surface area contributed by atoms with Gasteiger partial charge in [0, 0.05) is 24.7 Å². The van der Waals surface area contributed by atoms with Crippen LogP contribution in [0.4, 0.5) is 0 Å². The molecule has 0 N–H and O–H groups in total. The molecule has 1 aliphatic rings. The standard InChI is InChI=1S/C13H17N3O2S2/c1-3-11-10-5-7-19-12(10)4-6-16(11)20(17,18)13-8-15(2)9-14-13/h5,7-9,11H,3-4,6H2,1-2H3/t11-/m0/s1. The molecular weight excluding hydrogens is 294 g/mol. The first-order valence-corrected chi connectivity index (χ1v) is 8.92. The quantitative estimate of drug-likeness (QED) is 0.873. The molecule has 108 valence electrons. The zero-order chi connectivity index (χ0) is 14.3. The van der Waals surface area contributed by atoms with Crippen LogP contribution in [0.3, 0.4) is 0 Å². The lowest BCUT2D eigenvalue weighted by atomic mass is 10.0. The van der Waals surface area contributed by atoms with Gasteiger partial charge in [-0.25, -0.2) is 13.4 Å². The van der Waals surface area contributed by atoms with Crippen molar-refractivity contribution in [3.8, 4) is 0 Å². The van der Waals surface area contributed by atoms with Gasteiger partial charge in [-0.2, -0.15) is 4.31 Å². The van der Waals surface area contributed by atoms with E-state index in [0.29, 0.717) is 6.54 Å². The molecule has 2 aromatic heterocycles. The molecular formula is C13H17N3O2S2. The number of rotatable bonds is 3.